The number of carbonyl (C=O) groups is 2. The Hall–Kier alpha value is -3.30. The highest BCUT2D eigenvalue weighted by Crippen LogP contribution is 2.42. The van der Waals surface area contributed by atoms with Crippen LogP contribution in [0.25, 0.3) is 6.08 Å². The fourth-order valence-corrected chi connectivity index (χ4v) is 4.48. The van der Waals surface area contributed by atoms with Gasteiger partial charge >= 0.3 is 5.97 Å². The second-order valence-electron chi connectivity index (χ2n) is 7.36. The van der Waals surface area contributed by atoms with Gasteiger partial charge in [-0.25, -0.2) is 14.2 Å². The van der Waals surface area contributed by atoms with Gasteiger partial charge in [-0.15, -0.1) is 0 Å². The highest BCUT2D eigenvalue weighted by molar-refractivity contribution is 8.18. The minimum absolute atomic E-state index is 0.0551. The van der Waals surface area contributed by atoms with Crippen molar-refractivity contribution in [2.24, 2.45) is 4.99 Å². The molecule has 1 aliphatic rings. The zero-order valence-electron chi connectivity index (χ0n) is 20.0. The van der Waals surface area contributed by atoms with E-state index in [9.17, 15) is 19.1 Å². The largest absolute Gasteiger partial charge is 0.506 e. The van der Waals surface area contributed by atoms with Crippen LogP contribution in [-0.2, 0) is 20.9 Å². The molecule has 7 nitrogen and oxygen atoms in total. The lowest BCUT2D eigenvalue weighted by Crippen LogP contribution is -2.14. The minimum Gasteiger partial charge on any atom is -0.506 e. The van der Waals surface area contributed by atoms with Crippen molar-refractivity contribution in [1.82, 2.24) is 0 Å². The molecule has 1 N–H and O–H groups in total. The van der Waals surface area contributed by atoms with Gasteiger partial charge in [0.25, 0.3) is 0 Å². The fourth-order valence-electron chi connectivity index (χ4n) is 3.18. The topological polar surface area (TPSA) is 94.4 Å². The number of halogens is 2. The summed E-state index contributed by atoms with van der Waals surface area (Å²) in [4.78, 5) is 28.5. The third kappa shape index (κ3) is 6.47. The summed E-state index contributed by atoms with van der Waals surface area (Å²) in [5.41, 5.74) is 0.720. The molecule has 0 atom stereocenters. The van der Waals surface area contributed by atoms with Crippen molar-refractivity contribution in [1.29, 1.82) is 0 Å². The number of aliphatic imine (C=N–C) groups is 1. The Balaban J connectivity index is 1.97. The number of hydrogen-bond acceptors (Lipinski definition) is 7. The van der Waals surface area contributed by atoms with E-state index in [-0.39, 0.29) is 51.7 Å². The monoisotopic (exact) mass is 533 g/mol. The van der Waals surface area contributed by atoms with Gasteiger partial charge in [0.15, 0.2) is 11.5 Å². The number of aliphatic hydroxyl groups is 1. The zero-order chi connectivity index (χ0) is 26.2. The first kappa shape index (κ1) is 27.3. The van der Waals surface area contributed by atoms with Crippen LogP contribution in [0.3, 0.4) is 0 Å². The van der Waals surface area contributed by atoms with Gasteiger partial charge in [0, 0.05) is 12.0 Å². The Kier molecular flexibility index (Phi) is 9.55. The molecule has 10 heteroatoms. The Morgan fingerprint density at radius 2 is 1.89 bits per heavy atom. The van der Waals surface area contributed by atoms with Crippen LogP contribution < -0.4 is 9.47 Å². The van der Waals surface area contributed by atoms with Crippen LogP contribution in [-0.4, -0.2) is 35.2 Å². The van der Waals surface area contributed by atoms with Crippen LogP contribution in [0.2, 0.25) is 5.02 Å². The molecule has 2 aromatic carbocycles. The van der Waals surface area contributed by atoms with Gasteiger partial charge in [-0.05, 0) is 43.7 Å². The van der Waals surface area contributed by atoms with E-state index in [0.717, 1.165) is 11.8 Å². The van der Waals surface area contributed by atoms with Crippen LogP contribution >= 0.6 is 23.4 Å². The summed E-state index contributed by atoms with van der Waals surface area (Å²) >= 11 is 7.45. The predicted molar refractivity (Wildman–Crippen MR) is 138 cm³/mol. The number of esters is 1. The Morgan fingerprint density at radius 1 is 1.14 bits per heavy atom. The molecule has 36 heavy (non-hydrogen) atoms. The van der Waals surface area contributed by atoms with Crippen molar-refractivity contribution in [2.45, 2.75) is 33.8 Å². The average molecular weight is 534 g/mol. The number of nitrogens with zero attached hydrogens (tertiary/aromatic N) is 1. The molecular formula is C26H25ClFNO6S. The Labute approximate surface area is 217 Å². The highest BCUT2D eigenvalue weighted by atomic mass is 35.5. The first-order chi connectivity index (χ1) is 17.3. The van der Waals surface area contributed by atoms with E-state index < -0.39 is 17.7 Å². The highest BCUT2D eigenvalue weighted by Gasteiger charge is 2.33. The molecule has 2 aromatic rings. The number of amides is 1. The summed E-state index contributed by atoms with van der Waals surface area (Å²) in [5, 5.41) is 11.0. The molecule has 1 aliphatic heterocycles. The third-order valence-electron chi connectivity index (χ3n) is 4.86. The number of benzene rings is 2. The van der Waals surface area contributed by atoms with Gasteiger partial charge < -0.3 is 19.3 Å². The molecule has 1 amide bonds. The van der Waals surface area contributed by atoms with Crippen molar-refractivity contribution in [2.75, 3.05) is 13.2 Å². The first-order valence-electron chi connectivity index (χ1n) is 11.2. The van der Waals surface area contributed by atoms with Crippen molar-refractivity contribution in [3.05, 3.63) is 74.6 Å². The SMILES string of the molecule is CCOC(=O)C1=C(O)/C(=C/c2cc(Cl)c(OCc3ccccc3F)c(OCC)c2)SC1=NC(=O)CC. The van der Waals surface area contributed by atoms with Crippen LogP contribution in [0.1, 0.15) is 38.3 Å². The molecule has 3 rings (SSSR count). The predicted octanol–water partition coefficient (Wildman–Crippen LogP) is 6.25. The lowest BCUT2D eigenvalue weighted by atomic mass is 10.1. The number of rotatable bonds is 9. The molecule has 0 radical (unpaired) electrons. The molecule has 0 saturated heterocycles. The standard InChI is InChI=1S/C26H25ClFNO6S/c1-4-21(30)29-25-22(26(32)34-6-3)23(31)20(36-25)13-15-11-17(27)24(19(12-15)33-5-2)35-14-16-9-7-8-10-18(16)28/h7-13,31H,4-6,14H2,1-3H3/b20-13-,29-25?. The molecule has 190 valence electrons. The quantitative estimate of drug-likeness (QED) is 0.380. The molecule has 0 aliphatic carbocycles. The summed E-state index contributed by atoms with van der Waals surface area (Å²) in [6, 6.07) is 9.47. The van der Waals surface area contributed by atoms with Crippen molar-refractivity contribution in [3.63, 3.8) is 0 Å². The van der Waals surface area contributed by atoms with Crippen LogP contribution in [0.15, 0.2) is 57.6 Å². The number of ether oxygens (including phenoxy) is 3. The Morgan fingerprint density at radius 3 is 2.56 bits per heavy atom. The molecule has 0 spiro atoms. The summed E-state index contributed by atoms with van der Waals surface area (Å²) in [5.74, 6) is -1.41. The zero-order valence-corrected chi connectivity index (χ0v) is 21.5. The lowest BCUT2D eigenvalue weighted by molar-refractivity contribution is -0.138. The van der Waals surface area contributed by atoms with Gasteiger partial charge in [-0.1, -0.05) is 48.5 Å². The number of carbonyl (C=O) groups excluding carboxylic acids is 2. The van der Waals surface area contributed by atoms with Gasteiger partial charge in [-0.2, -0.15) is 0 Å². The van der Waals surface area contributed by atoms with Crippen LogP contribution in [0, 0.1) is 5.82 Å². The molecule has 0 fully saturated rings. The smallest absolute Gasteiger partial charge is 0.344 e. The first-order valence-corrected chi connectivity index (χ1v) is 12.4. The summed E-state index contributed by atoms with van der Waals surface area (Å²) in [6.45, 7) is 5.42. The van der Waals surface area contributed by atoms with E-state index in [2.05, 4.69) is 4.99 Å². The third-order valence-corrected chi connectivity index (χ3v) is 6.16. The van der Waals surface area contributed by atoms with E-state index in [4.69, 9.17) is 25.8 Å². The van der Waals surface area contributed by atoms with E-state index in [0.29, 0.717) is 23.5 Å². The summed E-state index contributed by atoms with van der Waals surface area (Å²) < 4.78 is 30.5. The maximum atomic E-state index is 14.0. The van der Waals surface area contributed by atoms with Crippen LogP contribution in [0.4, 0.5) is 4.39 Å². The maximum Gasteiger partial charge on any atom is 0.344 e. The summed E-state index contributed by atoms with van der Waals surface area (Å²) in [6.07, 6.45) is 1.72. The van der Waals surface area contributed by atoms with Gasteiger partial charge in [-0.3, -0.25) is 4.79 Å². The second kappa shape index (κ2) is 12.6. The molecule has 0 unspecified atom stereocenters. The van der Waals surface area contributed by atoms with E-state index in [1.807, 2.05) is 0 Å². The number of aliphatic hydroxyl groups excluding tert-OH is 1. The van der Waals surface area contributed by atoms with Gasteiger partial charge in [0.1, 0.15) is 28.8 Å². The van der Waals surface area contributed by atoms with Crippen molar-refractivity contribution >= 4 is 46.4 Å². The van der Waals surface area contributed by atoms with E-state index >= 15 is 0 Å². The number of thioether (sulfide) groups is 1. The number of hydrogen-bond donors (Lipinski definition) is 1. The Bertz CT molecular complexity index is 1260. The molecule has 0 saturated carbocycles. The van der Waals surface area contributed by atoms with Gasteiger partial charge in [0.05, 0.1) is 23.1 Å². The normalized spacial score (nSPS) is 15.5. The maximum absolute atomic E-state index is 14.0. The summed E-state index contributed by atoms with van der Waals surface area (Å²) in [7, 11) is 0. The fraction of sp³-hybridized carbons (Fsp3) is 0.269. The average Bonchev–Trinajstić information content (AvgIpc) is 3.14. The lowest BCUT2D eigenvalue weighted by Gasteiger charge is -2.15. The molecule has 0 bridgehead atoms. The molecule has 0 aromatic heterocycles. The second-order valence-corrected chi connectivity index (χ2v) is 8.80. The van der Waals surface area contributed by atoms with Crippen LogP contribution in [0.5, 0.6) is 11.5 Å². The molecular weight excluding hydrogens is 509 g/mol. The minimum atomic E-state index is -0.779. The molecule has 1 heterocycles. The van der Waals surface area contributed by atoms with Crippen molar-refractivity contribution < 1.29 is 33.3 Å². The van der Waals surface area contributed by atoms with E-state index in [1.165, 1.54) is 6.07 Å². The van der Waals surface area contributed by atoms with Crippen molar-refractivity contribution in [3.8, 4) is 11.5 Å². The van der Waals surface area contributed by atoms with E-state index in [1.54, 1.807) is 57.2 Å². The van der Waals surface area contributed by atoms with Gasteiger partial charge in [0.2, 0.25) is 5.91 Å².